The molecule has 0 bridgehead atoms. The van der Waals surface area contributed by atoms with Gasteiger partial charge in [0.15, 0.2) is 0 Å². The number of methoxy groups -OCH3 is 1. The van der Waals surface area contributed by atoms with Gasteiger partial charge in [0.1, 0.15) is 11.8 Å². The monoisotopic (exact) mass is 571 g/mol. The first-order valence-electron chi connectivity index (χ1n) is 12.0. The molecule has 11 heteroatoms. The van der Waals surface area contributed by atoms with Crippen LogP contribution in [-0.2, 0) is 26.2 Å². The summed E-state index contributed by atoms with van der Waals surface area (Å²) in [5, 5.41) is 3.68. The number of anilines is 1. The standard InChI is InChI=1S/C26H35Cl2N3O5S/c1-6-18(2)29-26(33)19(3)30(17-20-21(27)11-9-12-22(20)28)25(32)15-10-16-31(37(5,34)35)23-13-7-8-14-24(23)36-4/h7-9,11-14,18-19H,6,10,15-17H2,1-5H3,(H,29,33)/t18-,19+/m0/s1. The SMILES string of the molecule is CC[C@H](C)NC(=O)[C@@H](C)N(Cc1c(Cl)cccc1Cl)C(=O)CCCN(c1ccccc1OC)S(C)(=O)=O. The fraction of sp³-hybridized carbons (Fsp3) is 0.462. The lowest BCUT2D eigenvalue weighted by Crippen LogP contribution is -2.49. The average molecular weight is 573 g/mol. The van der Waals surface area contributed by atoms with E-state index in [1.165, 1.54) is 16.3 Å². The zero-order valence-corrected chi connectivity index (χ0v) is 24.2. The van der Waals surface area contributed by atoms with Crippen molar-refractivity contribution in [3.63, 3.8) is 0 Å². The van der Waals surface area contributed by atoms with E-state index in [2.05, 4.69) is 5.32 Å². The lowest BCUT2D eigenvalue weighted by Gasteiger charge is -2.31. The van der Waals surface area contributed by atoms with Crippen molar-refractivity contribution >= 4 is 50.7 Å². The van der Waals surface area contributed by atoms with Crippen LogP contribution in [0.3, 0.4) is 0 Å². The van der Waals surface area contributed by atoms with Crippen LogP contribution < -0.4 is 14.4 Å². The summed E-state index contributed by atoms with van der Waals surface area (Å²) in [4.78, 5) is 27.8. The minimum absolute atomic E-state index is 0.00416. The Morgan fingerprint density at radius 1 is 1.05 bits per heavy atom. The normalized spacial score (nSPS) is 12.9. The van der Waals surface area contributed by atoms with Gasteiger partial charge in [0.2, 0.25) is 21.8 Å². The molecule has 0 saturated heterocycles. The number of ether oxygens (including phenoxy) is 1. The summed E-state index contributed by atoms with van der Waals surface area (Å²) < 4.78 is 31.6. The van der Waals surface area contributed by atoms with Gasteiger partial charge in [-0.15, -0.1) is 0 Å². The molecular formula is C26H35Cl2N3O5S. The number of para-hydroxylation sites is 2. The molecule has 0 fully saturated rings. The summed E-state index contributed by atoms with van der Waals surface area (Å²) in [6, 6.07) is 11.0. The Balaban J connectivity index is 2.26. The Bertz CT molecular complexity index is 1170. The quantitative estimate of drug-likeness (QED) is 0.369. The Morgan fingerprint density at radius 2 is 1.68 bits per heavy atom. The lowest BCUT2D eigenvalue weighted by atomic mass is 10.1. The van der Waals surface area contributed by atoms with Gasteiger partial charge in [-0.25, -0.2) is 8.42 Å². The van der Waals surface area contributed by atoms with Crippen LogP contribution in [0.4, 0.5) is 5.69 Å². The molecule has 204 valence electrons. The van der Waals surface area contributed by atoms with Gasteiger partial charge in [-0.05, 0) is 51.0 Å². The summed E-state index contributed by atoms with van der Waals surface area (Å²) in [5.41, 5.74) is 0.926. The molecule has 0 saturated carbocycles. The first-order chi connectivity index (χ1) is 17.4. The summed E-state index contributed by atoms with van der Waals surface area (Å²) in [6.45, 7) is 5.59. The number of carbonyl (C=O) groups is 2. The molecule has 0 aliphatic heterocycles. The number of carbonyl (C=O) groups excluding carboxylic acids is 2. The second-order valence-electron chi connectivity index (χ2n) is 8.83. The molecule has 0 heterocycles. The van der Waals surface area contributed by atoms with E-state index in [0.717, 1.165) is 12.7 Å². The molecule has 8 nitrogen and oxygen atoms in total. The minimum atomic E-state index is -3.65. The van der Waals surface area contributed by atoms with Crippen LogP contribution in [0.25, 0.3) is 0 Å². The van der Waals surface area contributed by atoms with Gasteiger partial charge in [0, 0.05) is 41.2 Å². The number of benzene rings is 2. The highest BCUT2D eigenvalue weighted by molar-refractivity contribution is 7.92. The zero-order valence-electron chi connectivity index (χ0n) is 21.8. The highest BCUT2D eigenvalue weighted by Gasteiger charge is 2.28. The number of halogens is 2. The van der Waals surface area contributed by atoms with E-state index in [9.17, 15) is 18.0 Å². The number of hydrogen-bond acceptors (Lipinski definition) is 5. The number of nitrogens with one attached hydrogen (secondary N) is 1. The molecule has 0 aliphatic rings. The molecule has 0 aromatic heterocycles. The highest BCUT2D eigenvalue weighted by Crippen LogP contribution is 2.30. The third kappa shape index (κ3) is 8.51. The van der Waals surface area contributed by atoms with Gasteiger partial charge in [-0.2, -0.15) is 0 Å². The van der Waals surface area contributed by atoms with Crippen LogP contribution in [0.2, 0.25) is 10.0 Å². The third-order valence-corrected chi connectivity index (χ3v) is 7.95. The van der Waals surface area contributed by atoms with Crippen molar-refractivity contribution in [1.82, 2.24) is 10.2 Å². The van der Waals surface area contributed by atoms with E-state index in [1.807, 2.05) is 13.8 Å². The number of hydrogen-bond donors (Lipinski definition) is 1. The molecule has 2 aromatic carbocycles. The molecule has 2 amide bonds. The highest BCUT2D eigenvalue weighted by atomic mass is 35.5. The van der Waals surface area contributed by atoms with E-state index < -0.39 is 16.1 Å². The second kappa shape index (κ2) is 13.9. The number of amides is 2. The summed E-state index contributed by atoms with van der Waals surface area (Å²) in [5.74, 6) is -0.210. The summed E-state index contributed by atoms with van der Waals surface area (Å²) in [7, 11) is -2.18. The van der Waals surface area contributed by atoms with Crippen LogP contribution >= 0.6 is 23.2 Å². The van der Waals surface area contributed by atoms with Crippen molar-refractivity contribution in [2.24, 2.45) is 0 Å². The predicted molar refractivity (Wildman–Crippen MR) is 149 cm³/mol. The Hall–Kier alpha value is -2.49. The van der Waals surface area contributed by atoms with Gasteiger partial charge in [0.25, 0.3) is 0 Å². The molecule has 0 spiro atoms. The number of sulfonamides is 1. The fourth-order valence-corrected chi connectivity index (χ4v) is 5.21. The summed E-state index contributed by atoms with van der Waals surface area (Å²) in [6.07, 6.45) is 2.07. The van der Waals surface area contributed by atoms with Crippen molar-refractivity contribution in [3.05, 3.63) is 58.1 Å². The van der Waals surface area contributed by atoms with E-state index in [-0.39, 0.29) is 43.8 Å². The van der Waals surface area contributed by atoms with Gasteiger partial charge < -0.3 is 15.0 Å². The maximum atomic E-state index is 13.4. The first-order valence-corrected chi connectivity index (χ1v) is 14.6. The summed E-state index contributed by atoms with van der Waals surface area (Å²) >= 11 is 12.7. The van der Waals surface area contributed by atoms with Crippen LogP contribution in [0.15, 0.2) is 42.5 Å². The van der Waals surface area contributed by atoms with Gasteiger partial charge >= 0.3 is 0 Å². The van der Waals surface area contributed by atoms with E-state index in [4.69, 9.17) is 27.9 Å². The van der Waals surface area contributed by atoms with Gasteiger partial charge in [0.05, 0.1) is 19.1 Å². The van der Waals surface area contributed by atoms with Crippen molar-refractivity contribution < 1.29 is 22.7 Å². The first kappa shape index (κ1) is 30.7. The Morgan fingerprint density at radius 3 is 2.24 bits per heavy atom. The topological polar surface area (TPSA) is 96.0 Å². The molecule has 2 aromatic rings. The molecule has 2 atom stereocenters. The third-order valence-electron chi connectivity index (χ3n) is 6.06. The van der Waals surface area contributed by atoms with Crippen LogP contribution in [0.1, 0.15) is 45.6 Å². The molecule has 1 N–H and O–H groups in total. The van der Waals surface area contributed by atoms with E-state index >= 15 is 0 Å². The van der Waals surface area contributed by atoms with E-state index in [1.54, 1.807) is 49.4 Å². The lowest BCUT2D eigenvalue weighted by molar-refractivity contribution is -0.140. The second-order valence-corrected chi connectivity index (χ2v) is 11.5. The van der Waals surface area contributed by atoms with Crippen molar-refractivity contribution in [2.45, 2.75) is 58.7 Å². The van der Waals surface area contributed by atoms with Gasteiger partial charge in [-0.1, -0.05) is 48.3 Å². The average Bonchev–Trinajstić information content (AvgIpc) is 2.85. The Labute approximate surface area is 229 Å². The van der Waals surface area contributed by atoms with Crippen LogP contribution in [-0.4, -0.2) is 57.1 Å². The fourth-order valence-electron chi connectivity index (χ4n) is 3.72. The van der Waals surface area contributed by atoms with Crippen molar-refractivity contribution in [1.29, 1.82) is 0 Å². The van der Waals surface area contributed by atoms with Crippen molar-refractivity contribution in [2.75, 3.05) is 24.2 Å². The maximum Gasteiger partial charge on any atom is 0.242 e. The van der Waals surface area contributed by atoms with Crippen molar-refractivity contribution in [3.8, 4) is 5.75 Å². The minimum Gasteiger partial charge on any atom is -0.495 e. The molecule has 0 radical (unpaired) electrons. The largest absolute Gasteiger partial charge is 0.495 e. The zero-order chi connectivity index (χ0) is 27.8. The van der Waals surface area contributed by atoms with Gasteiger partial charge in [-0.3, -0.25) is 13.9 Å². The molecular weight excluding hydrogens is 537 g/mol. The van der Waals surface area contributed by atoms with Crippen LogP contribution in [0, 0.1) is 0 Å². The molecule has 2 rings (SSSR count). The Kier molecular flexibility index (Phi) is 11.5. The number of nitrogens with zero attached hydrogens (tertiary/aromatic N) is 2. The number of rotatable bonds is 13. The maximum absolute atomic E-state index is 13.4. The molecule has 0 unspecified atom stereocenters. The predicted octanol–water partition coefficient (Wildman–Crippen LogP) is 4.88. The smallest absolute Gasteiger partial charge is 0.242 e. The van der Waals surface area contributed by atoms with E-state index in [0.29, 0.717) is 27.0 Å². The molecule has 37 heavy (non-hydrogen) atoms. The molecule has 0 aliphatic carbocycles. The van der Waals surface area contributed by atoms with Crippen LogP contribution in [0.5, 0.6) is 5.75 Å².